The van der Waals surface area contributed by atoms with Gasteiger partial charge in [-0.2, -0.15) is 0 Å². The summed E-state index contributed by atoms with van der Waals surface area (Å²) in [7, 11) is 0. The van der Waals surface area contributed by atoms with E-state index in [0.29, 0.717) is 11.3 Å². The highest BCUT2D eigenvalue weighted by Gasteiger charge is 2.10. The van der Waals surface area contributed by atoms with Crippen molar-refractivity contribution in [1.29, 1.82) is 0 Å². The first-order valence-corrected chi connectivity index (χ1v) is 7.17. The molecule has 0 aliphatic heterocycles. The van der Waals surface area contributed by atoms with Gasteiger partial charge in [0.05, 0.1) is 5.56 Å². The first-order chi connectivity index (χ1) is 8.56. The van der Waals surface area contributed by atoms with E-state index in [1.807, 2.05) is 30.3 Å². The first-order valence-electron chi connectivity index (χ1n) is 5.30. The van der Waals surface area contributed by atoms with Gasteiger partial charge in [0.2, 0.25) is 0 Å². The molecule has 0 radical (unpaired) electrons. The summed E-state index contributed by atoms with van der Waals surface area (Å²) < 4.78 is 7.75. The standard InChI is InChI=1S/C14H10BrIO2/c1-9(17)13-6-5-10(15)7-14(13)18-12-4-2-3-11(16)8-12/h2-8H,1H3. The molecule has 0 saturated carbocycles. The van der Waals surface area contributed by atoms with Crippen molar-refractivity contribution in [3.05, 3.63) is 56.1 Å². The Bertz CT molecular complexity index is 596. The van der Waals surface area contributed by atoms with Crippen LogP contribution in [0.3, 0.4) is 0 Å². The molecule has 0 aliphatic carbocycles. The van der Waals surface area contributed by atoms with Crippen LogP contribution in [0.4, 0.5) is 0 Å². The van der Waals surface area contributed by atoms with Gasteiger partial charge in [-0.25, -0.2) is 0 Å². The van der Waals surface area contributed by atoms with Gasteiger partial charge in [-0.05, 0) is 65.9 Å². The number of ketones is 1. The maximum atomic E-state index is 11.5. The molecule has 2 aromatic rings. The van der Waals surface area contributed by atoms with E-state index in [9.17, 15) is 4.79 Å². The van der Waals surface area contributed by atoms with E-state index >= 15 is 0 Å². The summed E-state index contributed by atoms with van der Waals surface area (Å²) >= 11 is 5.60. The Morgan fingerprint density at radius 1 is 1.22 bits per heavy atom. The minimum absolute atomic E-state index is 0.0110. The average molecular weight is 417 g/mol. The van der Waals surface area contributed by atoms with E-state index in [0.717, 1.165) is 13.8 Å². The van der Waals surface area contributed by atoms with Crippen molar-refractivity contribution in [3.8, 4) is 11.5 Å². The molecule has 92 valence electrons. The normalized spacial score (nSPS) is 10.2. The second-order valence-corrected chi connectivity index (χ2v) is 5.92. The van der Waals surface area contributed by atoms with Crippen LogP contribution in [-0.4, -0.2) is 5.78 Å². The highest BCUT2D eigenvalue weighted by atomic mass is 127. The summed E-state index contributed by atoms with van der Waals surface area (Å²) in [4.78, 5) is 11.5. The number of rotatable bonds is 3. The Hall–Kier alpha value is -0.880. The summed E-state index contributed by atoms with van der Waals surface area (Å²) in [6.07, 6.45) is 0. The van der Waals surface area contributed by atoms with Gasteiger partial charge in [-0.15, -0.1) is 0 Å². The Morgan fingerprint density at radius 3 is 2.67 bits per heavy atom. The summed E-state index contributed by atoms with van der Waals surface area (Å²) in [5.41, 5.74) is 0.581. The predicted octanol–water partition coefficient (Wildman–Crippen LogP) is 5.05. The van der Waals surface area contributed by atoms with Gasteiger partial charge < -0.3 is 4.74 Å². The van der Waals surface area contributed by atoms with Crippen LogP contribution in [-0.2, 0) is 0 Å². The molecule has 2 nitrogen and oxygen atoms in total. The van der Waals surface area contributed by atoms with Crippen molar-refractivity contribution in [2.75, 3.05) is 0 Å². The van der Waals surface area contributed by atoms with Gasteiger partial charge >= 0.3 is 0 Å². The van der Waals surface area contributed by atoms with Crippen molar-refractivity contribution in [1.82, 2.24) is 0 Å². The summed E-state index contributed by atoms with van der Waals surface area (Å²) in [6.45, 7) is 1.53. The van der Waals surface area contributed by atoms with Gasteiger partial charge in [0.1, 0.15) is 11.5 Å². The predicted molar refractivity (Wildman–Crippen MR) is 83.4 cm³/mol. The second-order valence-electron chi connectivity index (χ2n) is 3.76. The smallest absolute Gasteiger partial charge is 0.163 e. The number of Topliss-reactive ketones (excluding diaryl/α,β-unsaturated/α-hetero) is 1. The van der Waals surface area contributed by atoms with Crippen molar-refractivity contribution in [2.24, 2.45) is 0 Å². The lowest BCUT2D eigenvalue weighted by molar-refractivity contribution is 0.101. The molecule has 0 atom stereocenters. The Balaban J connectivity index is 2.39. The van der Waals surface area contributed by atoms with Gasteiger partial charge in [-0.1, -0.05) is 22.0 Å². The SMILES string of the molecule is CC(=O)c1ccc(Br)cc1Oc1cccc(I)c1. The molecule has 0 spiro atoms. The highest BCUT2D eigenvalue weighted by molar-refractivity contribution is 14.1. The third kappa shape index (κ3) is 3.32. The van der Waals surface area contributed by atoms with E-state index in [2.05, 4.69) is 38.5 Å². The number of halogens is 2. The van der Waals surface area contributed by atoms with Gasteiger partial charge in [0.25, 0.3) is 0 Å². The van der Waals surface area contributed by atoms with Crippen LogP contribution < -0.4 is 4.74 Å². The van der Waals surface area contributed by atoms with Crippen molar-refractivity contribution in [3.63, 3.8) is 0 Å². The average Bonchev–Trinajstić information content (AvgIpc) is 2.28. The molecule has 2 rings (SSSR count). The van der Waals surface area contributed by atoms with Crippen molar-refractivity contribution >= 4 is 44.3 Å². The van der Waals surface area contributed by atoms with Crippen LogP contribution >= 0.6 is 38.5 Å². The number of carbonyl (C=O) groups is 1. The Labute approximate surface area is 128 Å². The van der Waals surface area contributed by atoms with Crippen LogP contribution in [0.2, 0.25) is 0 Å². The Morgan fingerprint density at radius 2 is 2.00 bits per heavy atom. The number of hydrogen-bond acceptors (Lipinski definition) is 2. The van der Waals surface area contributed by atoms with E-state index < -0.39 is 0 Å². The molecule has 0 bridgehead atoms. The Kier molecular flexibility index (Phi) is 4.40. The van der Waals surface area contributed by atoms with Gasteiger partial charge in [-0.3, -0.25) is 4.79 Å². The van der Waals surface area contributed by atoms with Crippen molar-refractivity contribution < 1.29 is 9.53 Å². The molecule has 0 fully saturated rings. The lowest BCUT2D eigenvalue weighted by Gasteiger charge is -2.10. The zero-order chi connectivity index (χ0) is 13.1. The fraction of sp³-hybridized carbons (Fsp3) is 0.0714. The van der Waals surface area contributed by atoms with E-state index in [1.54, 1.807) is 12.1 Å². The van der Waals surface area contributed by atoms with Crippen LogP contribution in [0.1, 0.15) is 17.3 Å². The monoisotopic (exact) mass is 416 g/mol. The molecular formula is C14H10BrIO2. The largest absolute Gasteiger partial charge is 0.457 e. The molecule has 0 N–H and O–H groups in total. The zero-order valence-corrected chi connectivity index (χ0v) is 13.4. The fourth-order valence-electron chi connectivity index (χ4n) is 1.53. The number of benzene rings is 2. The third-order valence-electron chi connectivity index (χ3n) is 2.35. The van der Waals surface area contributed by atoms with E-state index in [1.165, 1.54) is 6.92 Å². The quantitative estimate of drug-likeness (QED) is 0.517. The van der Waals surface area contributed by atoms with Gasteiger partial charge in [0.15, 0.2) is 5.78 Å². The molecule has 18 heavy (non-hydrogen) atoms. The molecule has 0 saturated heterocycles. The molecule has 0 heterocycles. The minimum atomic E-state index is -0.0110. The lowest BCUT2D eigenvalue weighted by atomic mass is 10.1. The van der Waals surface area contributed by atoms with Crippen LogP contribution in [0, 0.1) is 3.57 Å². The van der Waals surface area contributed by atoms with Gasteiger partial charge in [0, 0.05) is 8.04 Å². The highest BCUT2D eigenvalue weighted by Crippen LogP contribution is 2.29. The van der Waals surface area contributed by atoms with E-state index in [4.69, 9.17) is 4.74 Å². The van der Waals surface area contributed by atoms with Crippen LogP contribution in [0.5, 0.6) is 11.5 Å². The first kappa shape index (κ1) is 13.5. The topological polar surface area (TPSA) is 26.3 Å². The number of ether oxygens (including phenoxy) is 1. The number of hydrogen-bond donors (Lipinski definition) is 0. The maximum absolute atomic E-state index is 11.5. The van der Waals surface area contributed by atoms with E-state index in [-0.39, 0.29) is 5.78 Å². The number of carbonyl (C=O) groups excluding carboxylic acids is 1. The summed E-state index contributed by atoms with van der Waals surface area (Å²) in [5, 5.41) is 0. The molecule has 4 heteroatoms. The molecule has 0 aromatic heterocycles. The molecule has 0 unspecified atom stereocenters. The third-order valence-corrected chi connectivity index (χ3v) is 3.51. The minimum Gasteiger partial charge on any atom is -0.457 e. The fourth-order valence-corrected chi connectivity index (χ4v) is 2.38. The molecule has 2 aromatic carbocycles. The maximum Gasteiger partial charge on any atom is 0.163 e. The summed E-state index contributed by atoms with van der Waals surface area (Å²) in [5.74, 6) is 1.28. The van der Waals surface area contributed by atoms with Crippen molar-refractivity contribution in [2.45, 2.75) is 6.92 Å². The van der Waals surface area contributed by atoms with Crippen LogP contribution in [0.15, 0.2) is 46.9 Å². The summed E-state index contributed by atoms with van der Waals surface area (Å²) in [6, 6.07) is 13.1. The second kappa shape index (κ2) is 5.84. The van der Waals surface area contributed by atoms with Crippen LogP contribution in [0.25, 0.3) is 0 Å². The lowest BCUT2D eigenvalue weighted by Crippen LogP contribution is -1.97. The zero-order valence-electron chi connectivity index (χ0n) is 9.61. The molecular weight excluding hydrogens is 407 g/mol. The molecule has 0 aliphatic rings. The molecule has 0 amide bonds.